The Morgan fingerprint density at radius 2 is 1.96 bits per heavy atom. The average molecular weight is 400 g/mol. The van der Waals surface area contributed by atoms with Gasteiger partial charge in [-0.2, -0.15) is 0 Å². The van der Waals surface area contributed by atoms with E-state index in [4.69, 9.17) is 4.74 Å². The maximum Gasteiger partial charge on any atom is 0.227 e. The molecule has 25 heavy (non-hydrogen) atoms. The molecule has 0 spiro atoms. The topological polar surface area (TPSA) is 46.6 Å². The standard InChI is InChI=1S/C20H18BrNO3/c1-25-19-11-7-16(21)13-15(19)6-10-18(23)14-4-8-17(9-5-14)22-12-2-3-20(22)24/h4-11,13H,2-3,12H2,1H3/b10-6+. The second-order valence-corrected chi connectivity index (χ2v) is 6.70. The van der Waals surface area contributed by atoms with Gasteiger partial charge in [0.1, 0.15) is 5.75 Å². The summed E-state index contributed by atoms with van der Waals surface area (Å²) in [6, 6.07) is 12.8. The predicted molar refractivity (Wildman–Crippen MR) is 102 cm³/mol. The number of anilines is 1. The largest absolute Gasteiger partial charge is 0.496 e. The lowest BCUT2D eigenvalue weighted by molar-refractivity contribution is -0.117. The summed E-state index contributed by atoms with van der Waals surface area (Å²) < 4.78 is 6.22. The molecule has 0 aromatic heterocycles. The van der Waals surface area contributed by atoms with Gasteiger partial charge in [-0.05, 0) is 61.0 Å². The fourth-order valence-electron chi connectivity index (χ4n) is 2.82. The highest BCUT2D eigenvalue weighted by Crippen LogP contribution is 2.25. The van der Waals surface area contributed by atoms with Crippen molar-refractivity contribution in [3.63, 3.8) is 0 Å². The number of ether oxygens (including phenoxy) is 1. The van der Waals surface area contributed by atoms with Crippen LogP contribution in [0.3, 0.4) is 0 Å². The van der Waals surface area contributed by atoms with Gasteiger partial charge in [0.15, 0.2) is 5.78 Å². The van der Waals surface area contributed by atoms with Crippen molar-refractivity contribution < 1.29 is 14.3 Å². The Morgan fingerprint density at radius 3 is 2.60 bits per heavy atom. The van der Waals surface area contributed by atoms with Crippen molar-refractivity contribution in [3.8, 4) is 5.75 Å². The van der Waals surface area contributed by atoms with Gasteiger partial charge in [0.2, 0.25) is 5.91 Å². The molecule has 5 heteroatoms. The number of benzene rings is 2. The summed E-state index contributed by atoms with van der Waals surface area (Å²) >= 11 is 3.42. The van der Waals surface area contributed by atoms with E-state index in [9.17, 15) is 9.59 Å². The molecule has 0 atom stereocenters. The normalized spacial score (nSPS) is 14.3. The Labute approximate surface area is 155 Å². The highest BCUT2D eigenvalue weighted by Gasteiger charge is 2.21. The average Bonchev–Trinajstić information content (AvgIpc) is 3.06. The third kappa shape index (κ3) is 3.99. The number of allylic oxidation sites excluding steroid dienone is 1. The first-order valence-corrected chi connectivity index (χ1v) is 8.84. The van der Waals surface area contributed by atoms with Crippen molar-refractivity contribution in [2.45, 2.75) is 12.8 Å². The number of ketones is 1. The van der Waals surface area contributed by atoms with E-state index in [0.29, 0.717) is 17.7 Å². The summed E-state index contributed by atoms with van der Waals surface area (Å²) in [5.41, 5.74) is 2.25. The zero-order chi connectivity index (χ0) is 17.8. The Bertz CT molecular complexity index is 827. The second-order valence-electron chi connectivity index (χ2n) is 5.78. The smallest absolute Gasteiger partial charge is 0.227 e. The summed E-state index contributed by atoms with van der Waals surface area (Å²) in [5, 5.41) is 0. The molecule has 0 N–H and O–H groups in total. The number of hydrogen-bond donors (Lipinski definition) is 0. The van der Waals surface area contributed by atoms with Crippen LogP contribution in [0.2, 0.25) is 0 Å². The van der Waals surface area contributed by atoms with Gasteiger partial charge in [-0.3, -0.25) is 9.59 Å². The molecule has 0 saturated carbocycles. The fourth-order valence-corrected chi connectivity index (χ4v) is 3.20. The van der Waals surface area contributed by atoms with Crippen LogP contribution in [0.25, 0.3) is 6.08 Å². The number of halogens is 1. The summed E-state index contributed by atoms with van der Waals surface area (Å²) in [6.45, 7) is 0.745. The van der Waals surface area contributed by atoms with Crippen LogP contribution in [0, 0.1) is 0 Å². The SMILES string of the molecule is COc1ccc(Br)cc1/C=C/C(=O)c1ccc(N2CCCC2=O)cc1. The lowest BCUT2D eigenvalue weighted by Crippen LogP contribution is -2.23. The number of carbonyl (C=O) groups excluding carboxylic acids is 2. The van der Waals surface area contributed by atoms with Crippen LogP contribution >= 0.6 is 15.9 Å². The van der Waals surface area contributed by atoms with Crippen LogP contribution < -0.4 is 9.64 Å². The first-order chi connectivity index (χ1) is 12.1. The predicted octanol–water partition coefficient (Wildman–Crippen LogP) is 4.48. The third-order valence-electron chi connectivity index (χ3n) is 4.14. The maximum atomic E-state index is 12.4. The monoisotopic (exact) mass is 399 g/mol. The Kier molecular flexibility index (Phi) is 5.34. The number of nitrogens with zero attached hydrogens (tertiary/aromatic N) is 1. The zero-order valence-corrected chi connectivity index (χ0v) is 15.5. The number of rotatable bonds is 5. The van der Waals surface area contributed by atoms with E-state index in [1.165, 1.54) is 6.08 Å². The minimum Gasteiger partial charge on any atom is -0.496 e. The molecule has 0 unspecified atom stereocenters. The highest BCUT2D eigenvalue weighted by molar-refractivity contribution is 9.10. The van der Waals surface area contributed by atoms with Gasteiger partial charge in [-0.25, -0.2) is 0 Å². The first-order valence-electron chi connectivity index (χ1n) is 8.05. The zero-order valence-electron chi connectivity index (χ0n) is 13.9. The van der Waals surface area contributed by atoms with E-state index in [1.54, 1.807) is 30.2 Å². The molecule has 3 rings (SSSR count). The molecule has 0 aliphatic carbocycles. The molecule has 1 saturated heterocycles. The number of hydrogen-bond acceptors (Lipinski definition) is 3. The molecule has 0 bridgehead atoms. The molecular formula is C20H18BrNO3. The molecule has 0 radical (unpaired) electrons. The molecule has 1 fully saturated rings. The van der Waals surface area contributed by atoms with Crippen LogP contribution in [-0.2, 0) is 4.79 Å². The minimum absolute atomic E-state index is 0.0960. The van der Waals surface area contributed by atoms with Gasteiger partial charge in [-0.15, -0.1) is 0 Å². The van der Waals surface area contributed by atoms with Crippen molar-refractivity contribution >= 4 is 39.4 Å². The van der Waals surface area contributed by atoms with Gasteiger partial charge in [0, 0.05) is 34.3 Å². The van der Waals surface area contributed by atoms with Gasteiger partial charge >= 0.3 is 0 Å². The third-order valence-corrected chi connectivity index (χ3v) is 4.64. The Balaban J connectivity index is 1.75. The fraction of sp³-hybridized carbons (Fsp3) is 0.200. The number of carbonyl (C=O) groups is 2. The molecule has 4 nitrogen and oxygen atoms in total. The van der Waals surface area contributed by atoms with Crippen LogP contribution in [0.4, 0.5) is 5.69 Å². The molecule has 1 aliphatic rings. The van der Waals surface area contributed by atoms with Crippen molar-refractivity contribution in [1.82, 2.24) is 0 Å². The molecular weight excluding hydrogens is 382 g/mol. The van der Waals surface area contributed by atoms with Crippen molar-refractivity contribution in [2.75, 3.05) is 18.6 Å². The highest BCUT2D eigenvalue weighted by atomic mass is 79.9. The molecule has 2 aromatic rings. The summed E-state index contributed by atoms with van der Waals surface area (Å²) in [4.78, 5) is 25.9. The number of amides is 1. The summed E-state index contributed by atoms with van der Waals surface area (Å²) in [6.07, 6.45) is 4.75. The molecule has 1 aliphatic heterocycles. The van der Waals surface area contributed by atoms with Crippen LogP contribution in [0.5, 0.6) is 5.75 Å². The molecule has 1 heterocycles. The summed E-state index contributed by atoms with van der Waals surface area (Å²) in [7, 11) is 1.60. The van der Waals surface area contributed by atoms with Crippen LogP contribution in [-0.4, -0.2) is 25.3 Å². The van der Waals surface area contributed by atoms with E-state index >= 15 is 0 Å². The van der Waals surface area contributed by atoms with Gasteiger partial charge in [-0.1, -0.05) is 15.9 Å². The second kappa shape index (κ2) is 7.66. The molecule has 1 amide bonds. The maximum absolute atomic E-state index is 12.4. The van der Waals surface area contributed by atoms with Crippen LogP contribution in [0.15, 0.2) is 53.0 Å². The molecule has 2 aromatic carbocycles. The van der Waals surface area contributed by atoms with Crippen molar-refractivity contribution in [2.24, 2.45) is 0 Å². The van der Waals surface area contributed by atoms with E-state index < -0.39 is 0 Å². The first kappa shape index (κ1) is 17.4. The Morgan fingerprint density at radius 1 is 1.20 bits per heavy atom. The van der Waals surface area contributed by atoms with E-state index in [-0.39, 0.29) is 11.7 Å². The van der Waals surface area contributed by atoms with Crippen molar-refractivity contribution in [3.05, 3.63) is 64.1 Å². The van der Waals surface area contributed by atoms with Gasteiger partial charge < -0.3 is 9.64 Å². The van der Waals surface area contributed by atoms with E-state index in [0.717, 1.165) is 28.7 Å². The van der Waals surface area contributed by atoms with Crippen LogP contribution in [0.1, 0.15) is 28.8 Å². The van der Waals surface area contributed by atoms with E-state index in [1.807, 2.05) is 30.3 Å². The lowest BCUT2D eigenvalue weighted by Gasteiger charge is -2.15. The molecule has 128 valence electrons. The van der Waals surface area contributed by atoms with Crippen molar-refractivity contribution in [1.29, 1.82) is 0 Å². The van der Waals surface area contributed by atoms with Gasteiger partial charge in [0.05, 0.1) is 7.11 Å². The van der Waals surface area contributed by atoms with Gasteiger partial charge in [0.25, 0.3) is 0 Å². The quantitative estimate of drug-likeness (QED) is 0.549. The minimum atomic E-state index is -0.0960. The Hall–Kier alpha value is -2.40. The summed E-state index contributed by atoms with van der Waals surface area (Å²) in [5.74, 6) is 0.747. The van der Waals surface area contributed by atoms with E-state index in [2.05, 4.69) is 15.9 Å². The number of methoxy groups -OCH3 is 1. The lowest BCUT2D eigenvalue weighted by atomic mass is 10.1.